The van der Waals surface area contributed by atoms with Gasteiger partial charge in [-0.1, -0.05) is 11.6 Å². The van der Waals surface area contributed by atoms with Crippen LogP contribution in [-0.4, -0.2) is 13.1 Å². The van der Waals surface area contributed by atoms with Crippen molar-refractivity contribution in [1.29, 1.82) is 5.26 Å². The van der Waals surface area contributed by atoms with Crippen molar-refractivity contribution in [2.75, 3.05) is 7.11 Å². The number of nitriles is 1. The molecule has 0 aromatic carbocycles. The van der Waals surface area contributed by atoms with Gasteiger partial charge < -0.3 is 15.2 Å². The zero-order valence-corrected chi connectivity index (χ0v) is 12.3. The molecule has 1 aliphatic heterocycles. The highest BCUT2D eigenvalue weighted by Crippen LogP contribution is 2.42. The van der Waals surface area contributed by atoms with Crippen LogP contribution in [0.5, 0.6) is 0 Å². The Bertz CT molecular complexity index is 669. The van der Waals surface area contributed by atoms with Crippen LogP contribution in [0.15, 0.2) is 34.9 Å². The first-order valence-electron chi connectivity index (χ1n) is 5.61. The number of esters is 1. The summed E-state index contributed by atoms with van der Waals surface area (Å²) in [6, 6.07) is 5.45. The summed E-state index contributed by atoms with van der Waals surface area (Å²) in [4.78, 5) is 12.7. The van der Waals surface area contributed by atoms with Crippen molar-refractivity contribution in [3.63, 3.8) is 0 Å². The summed E-state index contributed by atoms with van der Waals surface area (Å²) >= 11 is 7.21. The van der Waals surface area contributed by atoms with Gasteiger partial charge >= 0.3 is 5.97 Å². The van der Waals surface area contributed by atoms with Gasteiger partial charge in [-0.3, -0.25) is 0 Å². The van der Waals surface area contributed by atoms with Gasteiger partial charge in [0.15, 0.2) is 0 Å². The number of hydrogen-bond donors (Lipinski definition) is 1. The SMILES string of the molecule is COC(=O)C1=C(C)OC(N)=C(C#N)[C@@H]1c1ccc(Cl)s1. The standard InChI is InChI=1S/C13H11ClN2O3S/c1-6-10(13(17)18-2)11(7(5-15)12(16)19-6)8-3-4-9(14)20-8/h3-4,11H,16H2,1-2H3/t11-/m1/s1. The number of hydrogen-bond acceptors (Lipinski definition) is 6. The monoisotopic (exact) mass is 310 g/mol. The molecule has 0 amide bonds. The Hall–Kier alpha value is -1.97. The van der Waals surface area contributed by atoms with Crippen LogP contribution in [0.3, 0.4) is 0 Å². The van der Waals surface area contributed by atoms with E-state index in [9.17, 15) is 10.1 Å². The highest BCUT2D eigenvalue weighted by molar-refractivity contribution is 7.16. The van der Waals surface area contributed by atoms with Crippen LogP contribution in [0.4, 0.5) is 0 Å². The van der Waals surface area contributed by atoms with Crippen molar-refractivity contribution >= 4 is 28.9 Å². The molecule has 0 bridgehead atoms. The first-order valence-corrected chi connectivity index (χ1v) is 6.81. The lowest BCUT2D eigenvalue weighted by atomic mass is 9.88. The molecule has 7 heteroatoms. The highest BCUT2D eigenvalue weighted by atomic mass is 35.5. The molecular weight excluding hydrogens is 300 g/mol. The van der Waals surface area contributed by atoms with Gasteiger partial charge in [-0.05, 0) is 19.1 Å². The van der Waals surface area contributed by atoms with Crippen molar-refractivity contribution in [2.24, 2.45) is 5.73 Å². The molecule has 0 saturated carbocycles. The first-order chi connectivity index (χ1) is 9.49. The molecule has 104 valence electrons. The lowest BCUT2D eigenvalue weighted by Crippen LogP contribution is -2.24. The number of carbonyl (C=O) groups excluding carboxylic acids is 1. The zero-order valence-electron chi connectivity index (χ0n) is 10.8. The summed E-state index contributed by atoms with van der Waals surface area (Å²) in [6.07, 6.45) is 0. The third kappa shape index (κ3) is 2.38. The van der Waals surface area contributed by atoms with Gasteiger partial charge in [0.25, 0.3) is 0 Å². The number of thiophene rings is 1. The minimum atomic E-state index is -0.612. The second-order valence-corrected chi connectivity index (χ2v) is 5.77. The molecule has 5 nitrogen and oxygen atoms in total. The van der Waals surface area contributed by atoms with Crippen LogP contribution in [-0.2, 0) is 14.3 Å². The van der Waals surface area contributed by atoms with Crippen molar-refractivity contribution in [3.8, 4) is 6.07 Å². The average Bonchev–Trinajstić information content (AvgIpc) is 2.83. The van der Waals surface area contributed by atoms with E-state index in [1.54, 1.807) is 19.1 Å². The molecule has 1 aliphatic rings. The second-order valence-electron chi connectivity index (χ2n) is 4.03. The fraction of sp³-hybridized carbons (Fsp3) is 0.231. The van der Waals surface area contributed by atoms with E-state index in [1.165, 1.54) is 18.4 Å². The van der Waals surface area contributed by atoms with E-state index in [-0.39, 0.29) is 17.0 Å². The first kappa shape index (κ1) is 14.4. The summed E-state index contributed by atoms with van der Waals surface area (Å²) in [5.74, 6) is -0.856. The molecule has 0 fully saturated rings. The fourth-order valence-electron chi connectivity index (χ4n) is 2.02. The van der Waals surface area contributed by atoms with E-state index in [0.29, 0.717) is 10.1 Å². The summed E-state index contributed by atoms with van der Waals surface area (Å²) in [7, 11) is 1.27. The lowest BCUT2D eigenvalue weighted by molar-refractivity contribution is -0.136. The van der Waals surface area contributed by atoms with Gasteiger partial charge in [-0.15, -0.1) is 11.3 Å². The van der Waals surface area contributed by atoms with E-state index >= 15 is 0 Å². The molecule has 1 aromatic heterocycles. The minimum absolute atomic E-state index is 0.00724. The number of rotatable bonds is 2. The average molecular weight is 311 g/mol. The molecule has 0 aliphatic carbocycles. The normalized spacial score (nSPS) is 18.6. The van der Waals surface area contributed by atoms with E-state index in [1.807, 2.05) is 6.07 Å². The summed E-state index contributed by atoms with van der Waals surface area (Å²) in [6.45, 7) is 1.61. The molecule has 0 saturated heterocycles. The maximum atomic E-state index is 12.0. The maximum absolute atomic E-state index is 12.0. The molecule has 20 heavy (non-hydrogen) atoms. The predicted octanol–water partition coefficient (Wildman–Crippen LogP) is 2.66. The molecule has 0 unspecified atom stereocenters. The van der Waals surface area contributed by atoms with Gasteiger partial charge in [0.2, 0.25) is 5.88 Å². The van der Waals surface area contributed by atoms with Crippen LogP contribution < -0.4 is 5.73 Å². The quantitative estimate of drug-likeness (QED) is 0.849. The van der Waals surface area contributed by atoms with Crippen molar-refractivity contribution in [2.45, 2.75) is 12.8 Å². The van der Waals surface area contributed by atoms with Crippen molar-refractivity contribution in [1.82, 2.24) is 0 Å². The molecule has 1 aromatic rings. The summed E-state index contributed by atoms with van der Waals surface area (Å²) in [5.41, 5.74) is 6.17. The molecular formula is C13H11ClN2O3S. The van der Waals surface area contributed by atoms with Crippen LogP contribution in [0.25, 0.3) is 0 Å². The van der Waals surface area contributed by atoms with Crippen molar-refractivity contribution < 1.29 is 14.3 Å². The van der Waals surface area contributed by atoms with Crippen molar-refractivity contribution in [3.05, 3.63) is 44.1 Å². The predicted molar refractivity (Wildman–Crippen MR) is 74.7 cm³/mol. The van der Waals surface area contributed by atoms with E-state index in [4.69, 9.17) is 26.8 Å². The van der Waals surface area contributed by atoms with Gasteiger partial charge in [0.1, 0.15) is 17.4 Å². The van der Waals surface area contributed by atoms with E-state index in [2.05, 4.69) is 0 Å². The van der Waals surface area contributed by atoms with Gasteiger partial charge in [0.05, 0.1) is 22.9 Å². The highest BCUT2D eigenvalue weighted by Gasteiger charge is 2.36. The maximum Gasteiger partial charge on any atom is 0.338 e. The van der Waals surface area contributed by atoms with Crippen LogP contribution in [0.2, 0.25) is 4.34 Å². The van der Waals surface area contributed by atoms with Gasteiger partial charge in [0, 0.05) is 4.88 Å². The molecule has 1 atom stereocenters. The second kappa shape index (κ2) is 5.57. The third-order valence-corrected chi connectivity index (χ3v) is 4.19. The Balaban J connectivity index is 2.62. The zero-order chi connectivity index (χ0) is 14.9. The number of allylic oxidation sites excluding steroid dienone is 2. The Labute approximate surface area is 124 Å². The van der Waals surface area contributed by atoms with Crippen LogP contribution in [0.1, 0.15) is 17.7 Å². The van der Waals surface area contributed by atoms with E-state index < -0.39 is 11.9 Å². The number of methoxy groups -OCH3 is 1. The number of nitrogens with two attached hydrogens (primary N) is 1. The fourth-order valence-corrected chi connectivity index (χ4v) is 3.21. The van der Waals surface area contributed by atoms with Crippen LogP contribution in [0, 0.1) is 11.3 Å². The topological polar surface area (TPSA) is 85.3 Å². The number of carbonyl (C=O) groups is 1. The Morgan fingerprint density at radius 1 is 1.60 bits per heavy atom. The third-order valence-electron chi connectivity index (χ3n) is 2.89. The Kier molecular flexibility index (Phi) is 4.02. The smallest absolute Gasteiger partial charge is 0.338 e. The number of halogens is 1. The molecule has 0 radical (unpaired) electrons. The lowest BCUT2D eigenvalue weighted by Gasteiger charge is -2.25. The number of nitrogens with zero attached hydrogens (tertiary/aromatic N) is 1. The van der Waals surface area contributed by atoms with E-state index in [0.717, 1.165) is 4.88 Å². The summed E-state index contributed by atoms with van der Waals surface area (Å²) < 4.78 is 10.6. The Morgan fingerprint density at radius 3 is 2.80 bits per heavy atom. The Morgan fingerprint density at radius 2 is 2.30 bits per heavy atom. The molecule has 0 spiro atoms. The molecule has 2 rings (SSSR count). The molecule has 2 N–H and O–H groups in total. The number of ether oxygens (including phenoxy) is 2. The molecule has 2 heterocycles. The summed E-state index contributed by atoms with van der Waals surface area (Å²) in [5, 5.41) is 9.29. The largest absolute Gasteiger partial charge is 0.466 e. The van der Waals surface area contributed by atoms with Gasteiger partial charge in [-0.2, -0.15) is 5.26 Å². The van der Waals surface area contributed by atoms with Gasteiger partial charge in [-0.25, -0.2) is 4.79 Å². The minimum Gasteiger partial charge on any atom is -0.466 e. The van der Waals surface area contributed by atoms with Crippen LogP contribution >= 0.6 is 22.9 Å².